The van der Waals surface area contributed by atoms with E-state index in [2.05, 4.69) is 27.0 Å². The van der Waals surface area contributed by atoms with Crippen LogP contribution in [0.15, 0.2) is 47.1 Å². The summed E-state index contributed by atoms with van der Waals surface area (Å²) >= 11 is 3.37. The highest BCUT2D eigenvalue weighted by Crippen LogP contribution is 2.23. The van der Waals surface area contributed by atoms with Crippen molar-refractivity contribution in [2.75, 3.05) is 0 Å². The lowest BCUT2D eigenvalue weighted by molar-refractivity contribution is 1.26. The molecule has 1 heterocycles. The van der Waals surface area contributed by atoms with Crippen LogP contribution in [0.4, 0.5) is 0 Å². The molecule has 0 saturated carbocycles. The van der Waals surface area contributed by atoms with Crippen molar-refractivity contribution in [2.45, 2.75) is 0 Å². The third-order valence-corrected chi connectivity index (χ3v) is 2.60. The predicted octanol–water partition coefficient (Wildman–Crippen LogP) is 3.38. The van der Waals surface area contributed by atoms with Crippen LogP contribution in [-0.2, 0) is 0 Å². The van der Waals surface area contributed by atoms with Gasteiger partial charge in [0.2, 0.25) is 0 Å². The highest BCUT2D eigenvalue weighted by molar-refractivity contribution is 9.10. The molecule has 0 bridgehead atoms. The summed E-state index contributed by atoms with van der Waals surface area (Å²) in [7, 11) is 0. The average Bonchev–Trinajstić information content (AvgIpc) is 2.30. The first-order valence-electron chi connectivity index (χ1n) is 4.42. The third kappa shape index (κ3) is 2.05. The van der Waals surface area contributed by atoms with E-state index >= 15 is 0 Å². The molecule has 0 radical (unpaired) electrons. The zero-order valence-electron chi connectivity index (χ0n) is 7.81. The molecule has 0 unspecified atom stereocenters. The second-order valence-corrected chi connectivity index (χ2v) is 3.93. The van der Waals surface area contributed by atoms with Gasteiger partial charge in [0.1, 0.15) is 11.8 Å². The largest absolute Gasteiger partial charge is 0.245 e. The number of hydrogen-bond donors (Lipinski definition) is 0. The molecule has 0 N–H and O–H groups in total. The summed E-state index contributed by atoms with van der Waals surface area (Å²) in [5.41, 5.74) is 2.33. The number of rotatable bonds is 1. The fourth-order valence-electron chi connectivity index (χ4n) is 1.36. The summed E-state index contributed by atoms with van der Waals surface area (Å²) < 4.78 is 1.02. The van der Waals surface area contributed by atoms with Crippen molar-refractivity contribution in [1.82, 2.24) is 4.98 Å². The Balaban J connectivity index is 2.55. The standard InChI is InChI=1S/C12H7BrN2/c13-10-5-3-9(4-6-10)11-2-1-7-15-12(11)8-14/h1-7H. The Labute approximate surface area is 96.3 Å². The lowest BCUT2D eigenvalue weighted by Crippen LogP contribution is -1.87. The number of nitrogens with zero attached hydrogens (tertiary/aromatic N) is 2. The second-order valence-electron chi connectivity index (χ2n) is 3.02. The van der Waals surface area contributed by atoms with Crippen LogP contribution in [0.1, 0.15) is 5.69 Å². The summed E-state index contributed by atoms with van der Waals surface area (Å²) in [6.07, 6.45) is 1.63. The van der Waals surface area contributed by atoms with Gasteiger partial charge in [0, 0.05) is 16.2 Å². The molecule has 0 atom stereocenters. The Morgan fingerprint density at radius 1 is 1.13 bits per heavy atom. The summed E-state index contributed by atoms with van der Waals surface area (Å²) in [6, 6.07) is 13.6. The normalized spacial score (nSPS) is 9.60. The van der Waals surface area contributed by atoms with Gasteiger partial charge in [-0.05, 0) is 29.8 Å². The van der Waals surface area contributed by atoms with E-state index < -0.39 is 0 Å². The number of benzene rings is 1. The third-order valence-electron chi connectivity index (χ3n) is 2.07. The molecule has 1 aromatic heterocycles. The molecule has 0 fully saturated rings. The van der Waals surface area contributed by atoms with Crippen LogP contribution >= 0.6 is 15.9 Å². The Hall–Kier alpha value is -1.66. The number of nitriles is 1. The first-order chi connectivity index (χ1) is 7.31. The predicted molar refractivity (Wildman–Crippen MR) is 62.1 cm³/mol. The monoisotopic (exact) mass is 258 g/mol. The minimum atomic E-state index is 0.458. The Morgan fingerprint density at radius 2 is 1.87 bits per heavy atom. The van der Waals surface area contributed by atoms with Crippen molar-refractivity contribution in [2.24, 2.45) is 0 Å². The van der Waals surface area contributed by atoms with E-state index in [0.29, 0.717) is 5.69 Å². The first-order valence-corrected chi connectivity index (χ1v) is 5.21. The fraction of sp³-hybridized carbons (Fsp3) is 0. The molecule has 1 aromatic carbocycles. The fourth-order valence-corrected chi connectivity index (χ4v) is 1.62. The molecule has 0 saturated heterocycles. The van der Waals surface area contributed by atoms with Crippen molar-refractivity contribution in [3.63, 3.8) is 0 Å². The maximum absolute atomic E-state index is 8.91. The molecule has 0 aliphatic heterocycles. The van der Waals surface area contributed by atoms with Crippen LogP contribution in [0.2, 0.25) is 0 Å². The zero-order chi connectivity index (χ0) is 10.7. The maximum atomic E-state index is 8.91. The van der Waals surface area contributed by atoms with Gasteiger partial charge < -0.3 is 0 Å². The SMILES string of the molecule is N#Cc1ncccc1-c1ccc(Br)cc1. The summed E-state index contributed by atoms with van der Waals surface area (Å²) in [4.78, 5) is 4.02. The molecule has 0 amide bonds. The lowest BCUT2D eigenvalue weighted by atomic mass is 10.1. The van der Waals surface area contributed by atoms with Gasteiger partial charge in [-0.15, -0.1) is 0 Å². The van der Waals surface area contributed by atoms with Crippen molar-refractivity contribution >= 4 is 15.9 Å². The second kappa shape index (κ2) is 4.24. The number of hydrogen-bond acceptors (Lipinski definition) is 2. The van der Waals surface area contributed by atoms with Crippen LogP contribution in [-0.4, -0.2) is 4.98 Å². The number of pyridine rings is 1. The summed E-state index contributed by atoms with van der Waals surface area (Å²) in [6.45, 7) is 0. The van der Waals surface area contributed by atoms with E-state index in [9.17, 15) is 0 Å². The highest BCUT2D eigenvalue weighted by atomic mass is 79.9. The maximum Gasteiger partial charge on any atom is 0.148 e. The van der Waals surface area contributed by atoms with Crippen LogP contribution in [0.3, 0.4) is 0 Å². The van der Waals surface area contributed by atoms with Gasteiger partial charge in [-0.1, -0.05) is 28.1 Å². The Bertz CT molecular complexity index is 512. The quantitative estimate of drug-likeness (QED) is 0.787. The molecule has 0 spiro atoms. The molecule has 2 nitrogen and oxygen atoms in total. The first kappa shape index (κ1) is 9.88. The van der Waals surface area contributed by atoms with E-state index in [-0.39, 0.29) is 0 Å². The summed E-state index contributed by atoms with van der Waals surface area (Å²) in [5, 5.41) is 8.91. The lowest BCUT2D eigenvalue weighted by Gasteiger charge is -2.02. The Kier molecular flexibility index (Phi) is 2.79. The van der Waals surface area contributed by atoms with Crippen molar-refractivity contribution in [1.29, 1.82) is 5.26 Å². The minimum Gasteiger partial charge on any atom is -0.245 e. The van der Waals surface area contributed by atoms with Gasteiger partial charge in [0.05, 0.1) is 0 Å². The van der Waals surface area contributed by atoms with Crippen LogP contribution < -0.4 is 0 Å². The number of halogens is 1. The topological polar surface area (TPSA) is 36.7 Å². The van der Waals surface area contributed by atoms with Crippen LogP contribution in [0, 0.1) is 11.3 Å². The molecule has 2 rings (SSSR count). The van der Waals surface area contributed by atoms with Gasteiger partial charge in [0.25, 0.3) is 0 Å². The minimum absolute atomic E-state index is 0.458. The number of aromatic nitrogens is 1. The molecule has 3 heteroatoms. The van der Waals surface area contributed by atoms with Gasteiger partial charge in [-0.25, -0.2) is 4.98 Å². The van der Waals surface area contributed by atoms with Crippen LogP contribution in [0.25, 0.3) is 11.1 Å². The van der Waals surface area contributed by atoms with E-state index in [4.69, 9.17) is 5.26 Å². The van der Waals surface area contributed by atoms with Crippen molar-refractivity contribution in [3.05, 3.63) is 52.8 Å². The molecule has 0 aliphatic carbocycles. The van der Waals surface area contributed by atoms with Gasteiger partial charge in [-0.3, -0.25) is 0 Å². The van der Waals surface area contributed by atoms with Crippen LogP contribution in [0.5, 0.6) is 0 Å². The zero-order valence-corrected chi connectivity index (χ0v) is 9.40. The molecule has 15 heavy (non-hydrogen) atoms. The molecule has 0 aliphatic rings. The summed E-state index contributed by atoms with van der Waals surface area (Å²) in [5.74, 6) is 0. The molecule has 72 valence electrons. The molecular weight excluding hydrogens is 252 g/mol. The van der Waals surface area contributed by atoms with Gasteiger partial charge >= 0.3 is 0 Å². The van der Waals surface area contributed by atoms with E-state index in [0.717, 1.165) is 15.6 Å². The van der Waals surface area contributed by atoms with E-state index in [1.54, 1.807) is 6.20 Å². The Morgan fingerprint density at radius 3 is 2.53 bits per heavy atom. The molecular formula is C12H7BrN2. The van der Waals surface area contributed by atoms with E-state index in [1.165, 1.54) is 0 Å². The van der Waals surface area contributed by atoms with E-state index in [1.807, 2.05) is 36.4 Å². The van der Waals surface area contributed by atoms with Gasteiger partial charge in [0.15, 0.2) is 0 Å². The molecule has 2 aromatic rings. The van der Waals surface area contributed by atoms with Gasteiger partial charge in [-0.2, -0.15) is 5.26 Å². The highest BCUT2D eigenvalue weighted by Gasteiger charge is 2.04. The van der Waals surface area contributed by atoms with Crippen molar-refractivity contribution < 1.29 is 0 Å². The average molecular weight is 259 g/mol. The smallest absolute Gasteiger partial charge is 0.148 e. The van der Waals surface area contributed by atoms with Crippen molar-refractivity contribution in [3.8, 4) is 17.2 Å².